The van der Waals surface area contributed by atoms with Crippen LogP contribution in [0.4, 0.5) is 0 Å². The van der Waals surface area contributed by atoms with Gasteiger partial charge < -0.3 is 19.8 Å². The predicted octanol–water partition coefficient (Wildman–Crippen LogP) is 1.10. The SMILES string of the molecule is O=C(c1ccc(Cl)cn1)N1CCC2(CC1)[C@H](O)C[C@@H]2OCCO. The first-order valence-electron chi connectivity index (χ1n) is 7.88. The molecule has 23 heavy (non-hydrogen) atoms. The summed E-state index contributed by atoms with van der Waals surface area (Å²) >= 11 is 5.79. The van der Waals surface area contributed by atoms with Gasteiger partial charge in [0, 0.05) is 31.1 Å². The lowest BCUT2D eigenvalue weighted by Gasteiger charge is -2.56. The monoisotopic (exact) mass is 340 g/mol. The number of hydrogen-bond donors (Lipinski definition) is 2. The average Bonchev–Trinajstić information content (AvgIpc) is 2.58. The largest absolute Gasteiger partial charge is 0.394 e. The van der Waals surface area contributed by atoms with E-state index >= 15 is 0 Å². The van der Waals surface area contributed by atoms with Crippen molar-refractivity contribution in [2.24, 2.45) is 5.41 Å². The van der Waals surface area contributed by atoms with Crippen molar-refractivity contribution in [3.05, 3.63) is 29.0 Å². The summed E-state index contributed by atoms with van der Waals surface area (Å²) in [5, 5.41) is 19.6. The van der Waals surface area contributed by atoms with E-state index in [9.17, 15) is 9.90 Å². The van der Waals surface area contributed by atoms with E-state index in [1.807, 2.05) is 0 Å². The molecule has 1 amide bonds. The van der Waals surface area contributed by atoms with Crippen molar-refractivity contribution in [3.63, 3.8) is 0 Å². The fourth-order valence-electron chi connectivity index (χ4n) is 3.60. The molecule has 6 nitrogen and oxygen atoms in total. The van der Waals surface area contributed by atoms with Crippen molar-refractivity contribution in [1.29, 1.82) is 0 Å². The van der Waals surface area contributed by atoms with E-state index in [0.29, 0.717) is 43.1 Å². The van der Waals surface area contributed by atoms with E-state index in [4.69, 9.17) is 21.4 Å². The second-order valence-electron chi connectivity index (χ2n) is 6.22. The smallest absolute Gasteiger partial charge is 0.272 e. The molecule has 7 heteroatoms. The van der Waals surface area contributed by atoms with Gasteiger partial charge in [0.25, 0.3) is 5.91 Å². The molecule has 2 heterocycles. The minimum atomic E-state index is -0.392. The average molecular weight is 341 g/mol. The van der Waals surface area contributed by atoms with Crippen molar-refractivity contribution >= 4 is 17.5 Å². The van der Waals surface area contributed by atoms with Gasteiger partial charge in [-0.15, -0.1) is 0 Å². The summed E-state index contributed by atoms with van der Waals surface area (Å²) in [6, 6.07) is 3.28. The van der Waals surface area contributed by atoms with E-state index in [0.717, 1.165) is 0 Å². The van der Waals surface area contributed by atoms with Gasteiger partial charge >= 0.3 is 0 Å². The molecule has 1 aliphatic heterocycles. The Bertz CT molecular complexity index is 558. The van der Waals surface area contributed by atoms with Crippen molar-refractivity contribution in [2.75, 3.05) is 26.3 Å². The summed E-state index contributed by atoms with van der Waals surface area (Å²) in [5.41, 5.74) is 0.104. The number of hydrogen-bond acceptors (Lipinski definition) is 5. The molecule has 2 aliphatic rings. The fourth-order valence-corrected chi connectivity index (χ4v) is 3.71. The number of amides is 1. The highest BCUT2D eigenvalue weighted by Crippen LogP contribution is 2.51. The van der Waals surface area contributed by atoms with Crippen LogP contribution in [-0.4, -0.2) is 64.5 Å². The zero-order chi connectivity index (χ0) is 16.4. The number of ether oxygens (including phenoxy) is 1. The minimum absolute atomic E-state index is 0.0183. The molecule has 0 aromatic carbocycles. The third kappa shape index (κ3) is 3.08. The molecule has 1 aromatic heterocycles. The lowest BCUT2D eigenvalue weighted by Crippen LogP contribution is -2.62. The number of aromatic nitrogens is 1. The Morgan fingerprint density at radius 2 is 2.17 bits per heavy atom. The van der Waals surface area contributed by atoms with Gasteiger partial charge in [-0.25, -0.2) is 4.98 Å². The van der Waals surface area contributed by atoms with Crippen LogP contribution in [0.15, 0.2) is 18.3 Å². The third-order valence-corrected chi connectivity index (χ3v) is 5.30. The van der Waals surface area contributed by atoms with Crippen LogP contribution in [0.2, 0.25) is 5.02 Å². The number of carbonyl (C=O) groups is 1. The lowest BCUT2D eigenvalue weighted by atomic mass is 9.58. The Morgan fingerprint density at radius 1 is 1.43 bits per heavy atom. The topological polar surface area (TPSA) is 82.9 Å². The van der Waals surface area contributed by atoms with Gasteiger partial charge in [0.15, 0.2) is 0 Å². The molecule has 2 atom stereocenters. The van der Waals surface area contributed by atoms with Crippen molar-refractivity contribution in [2.45, 2.75) is 31.5 Å². The molecule has 1 aliphatic carbocycles. The zero-order valence-electron chi connectivity index (χ0n) is 12.8. The van der Waals surface area contributed by atoms with Crippen molar-refractivity contribution in [1.82, 2.24) is 9.88 Å². The van der Waals surface area contributed by atoms with E-state index in [2.05, 4.69) is 4.98 Å². The van der Waals surface area contributed by atoms with Crippen molar-refractivity contribution in [3.8, 4) is 0 Å². The molecule has 1 spiro atoms. The van der Waals surface area contributed by atoms with Crippen LogP contribution in [0.1, 0.15) is 29.8 Å². The van der Waals surface area contributed by atoms with Crippen LogP contribution in [0.5, 0.6) is 0 Å². The Hall–Kier alpha value is -1.21. The van der Waals surface area contributed by atoms with Crippen LogP contribution < -0.4 is 0 Å². The molecule has 126 valence electrons. The molecule has 1 saturated heterocycles. The second kappa shape index (κ2) is 6.73. The number of carbonyl (C=O) groups excluding carboxylic acids is 1. The highest BCUT2D eigenvalue weighted by atomic mass is 35.5. The van der Waals surface area contributed by atoms with Crippen LogP contribution in [0.3, 0.4) is 0 Å². The molecular weight excluding hydrogens is 320 g/mol. The van der Waals surface area contributed by atoms with Crippen molar-refractivity contribution < 1.29 is 19.7 Å². The number of piperidine rings is 1. The maximum Gasteiger partial charge on any atom is 0.272 e. The zero-order valence-corrected chi connectivity index (χ0v) is 13.6. The molecular formula is C16H21ClN2O4. The third-order valence-electron chi connectivity index (χ3n) is 5.08. The second-order valence-corrected chi connectivity index (χ2v) is 6.66. The fraction of sp³-hybridized carbons (Fsp3) is 0.625. The number of rotatable bonds is 4. The summed E-state index contributed by atoms with van der Waals surface area (Å²) < 4.78 is 5.64. The first kappa shape index (κ1) is 16.6. The maximum atomic E-state index is 12.5. The molecule has 1 aromatic rings. The van der Waals surface area contributed by atoms with E-state index in [-0.39, 0.29) is 30.6 Å². The highest BCUT2D eigenvalue weighted by Gasteiger charge is 2.56. The molecule has 0 unspecified atom stereocenters. The number of aliphatic hydroxyl groups excluding tert-OH is 2. The van der Waals surface area contributed by atoms with E-state index in [1.54, 1.807) is 17.0 Å². The quantitative estimate of drug-likeness (QED) is 0.857. The van der Waals surface area contributed by atoms with Gasteiger partial charge in [0.05, 0.1) is 30.4 Å². The maximum absolute atomic E-state index is 12.5. The number of halogens is 1. The number of likely N-dealkylation sites (tertiary alicyclic amines) is 1. The van der Waals surface area contributed by atoms with Gasteiger partial charge in [-0.1, -0.05) is 11.6 Å². The Kier molecular flexibility index (Phi) is 4.87. The van der Waals surface area contributed by atoms with E-state index in [1.165, 1.54) is 6.20 Å². The van der Waals surface area contributed by atoms with Crippen LogP contribution in [0.25, 0.3) is 0 Å². The highest BCUT2D eigenvalue weighted by molar-refractivity contribution is 6.30. The summed E-state index contributed by atoms with van der Waals surface area (Å²) in [7, 11) is 0. The molecule has 0 bridgehead atoms. The van der Waals surface area contributed by atoms with Crippen LogP contribution in [-0.2, 0) is 4.74 Å². The van der Waals surface area contributed by atoms with Crippen LogP contribution in [0, 0.1) is 5.41 Å². The first-order chi connectivity index (χ1) is 11.1. The van der Waals surface area contributed by atoms with Gasteiger partial charge in [-0.2, -0.15) is 0 Å². The minimum Gasteiger partial charge on any atom is -0.394 e. The number of pyridine rings is 1. The summed E-state index contributed by atoms with van der Waals surface area (Å²) in [6.45, 7) is 1.41. The van der Waals surface area contributed by atoms with Gasteiger partial charge in [0.1, 0.15) is 5.69 Å². The standard InChI is InChI=1S/C16H21ClN2O4/c17-11-1-2-12(18-10-11)15(22)19-5-3-16(4-6-19)13(21)9-14(16)23-8-7-20/h1-2,10,13-14,20-21H,3-9H2/t13-,14+/m1/s1. The Balaban J connectivity index is 1.61. The molecule has 2 N–H and O–H groups in total. The summed E-state index contributed by atoms with van der Waals surface area (Å²) in [4.78, 5) is 18.3. The molecule has 0 radical (unpaired) electrons. The van der Waals surface area contributed by atoms with E-state index < -0.39 is 6.10 Å². The number of aliphatic hydroxyl groups is 2. The lowest BCUT2D eigenvalue weighted by molar-refractivity contribution is -0.211. The van der Waals surface area contributed by atoms with Gasteiger partial charge in [-0.3, -0.25) is 4.79 Å². The van der Waals surface area contributed by atoms with Crippen LogP contribution >= 0.6 is 11.6 Å². The molecule has 2 fully saturated rings. The van der Waals surface area contributed by atoms with Gasteiger partial charge in [0.2, 0.25) is 0 Å². The first-order valence-corrected chi connectivity index (χ1v) is 8.26. The van der Waals surface area contributed by atoms with Gasteiger partial charge in [-0.05, 0) is 25.0 Å². The Labute approximate surface area is 140 Å². The number of nitrogens with zero attached hydrogens (tertiary/aromatic N) is 2. The Morgan fingerprint density at radius 3 is 2.74 bits per heavy atom. The molecule has 1 saturated carbocycles. The summed E-state index contributed by atoms with van der Waals surface area (Å²) in [5.74, 6) is -0.113. The predicted molar refractivity (Wildman–Crippen MR) is 84.3 cm³/mol. The normalized spacial score (nSPS) is 26.1. The molecule has 3 rings (SSSR count). The summed E-state index contributed by atoms with van der Waals surface area (Å²) in [6.07, 6.45) is 3.04.